The zero-order valence-corrected chi connectivity index (χ0v) is 21.6. The first-order valence-electron chi connectivity index (χ1n) is 13.2. The number of aliphatic imine (C=N–C) groups is 1. The van der Waals surface area contributed by atoms with Crippen LogP contribution < -0.4 is 15.5 Å². The molecule has 1 fully saturated rings. The van der Waals surface area contributed by atoms with Gasteiger partial charge in [-0.15, -0.1) is 5.10 Å². The van der Waals surface area contributed by atoms with Crippen LogP contribution >= 0.6 is 0 Å². The number of nitrogens with one attached hydrogen (secondary N) is 2. The van der Waals surface area contributed by atoms with E-state index in [1.165, 1.54) is 0 Å². The van der Waals surface area contributed by atoms with Gasteiger partial charge in [-0.3, -0.25) is 4.99 Å². The van der Waals surface area contributed by atoms with Gasteiger partial charge < -0.3 is 29.8 Å². The van der Waals surface area contributed by atoms with E-state index >= 15 is 0 Å². The van der Waals surface area contributed by atoms with Gasteiger partial charge in [0.1, 0.15) is 0 Å². The molecule has 200 valence electrons. The summed E-state index contributed by atoms with van der Waals surface area (Å²) in [7, 11) is 0. The molecule has 2 aromatic heterocycles. The number of aliphatic hydroxyl groups excluding tert-OH is 1. The molecular formula is C30H27N7O3. The summed E-state index contributed by atoms with van der Waals surface area (Å²) in [6.07, 6.45) is -0.0435. The first-order chi connectivity index (χ1) is 19.7. The molecule has 10 heteroatoms. The Morgan fingerprint density at radius 1 is 0.900 bits per heavy atom. The molecule has 1 unspecified atom stereocenters. The van der Waals surface area contributed by atoms with Gasteiger partial charge in [-0.1, -0.05) is 77.9 Å². The lowest BCUT2D eigenvalue weighted by molar-refractivity contribution is 0.123. The minimum Gasteiger partial charge on any atom is -0.402 e. The molecule has 3 aromatic carbocycles. The Labute approximate surface area is 230 Å². The predicted octanol–water partition coefficient (Wildman–Crippen LogP) is 4.14. The van der Waals surface area contributed by atoms with Gasteiger partial charge in [0.25, 0.3) is 5.89 Å². The number of anilines is 3. The van der Waals surface area contributed by atoms with Crippen LogP contribution in [0.15, 0.2) is 94.5 Å². The SMILES string of the molecule is OC1Nc2ccccc2C(c2ccccc2)=N[C@@H]1Nc1nnc(-c2ncc3ccccc3c2N2CCOCC2)o1. The van der Waals surface area contributed by atoms with Crippen molar-refractivity contribution in [1.29, 1.82) is 0 Å². The molecule has 2 atom stereocenters. The topological polar surface area (TPSA) is 121 Å². The average molecular weight is 534 g/mol. The minimum absolute atomic E-state index is 0.130. The quantitative estimate of drug-likeness (QED) is 0.306. The summed E-state index contributed by atoms with van der Waals surface area (Å²) in [4.78, 5) is 11.9. The highest BCUT2D eigenvalue weighted by Crippen LogP contribution is 2.36. The maximum atomic E-state index is 11.1. The van der Waals surface area contributed by atoms with Crippen LogP contribution in [0.3, 0.4) is 0 Å². The third kappa shape index (κ3) is 4.53. The van der Waals surface area contributed by atoms with Crippen LogP contribution in [0.4, 0.5) is 17.4 Å². The number of rotatable bonds is 5. The van der Waals surface area contributed by atoms with Crippen molar-refractivity contribution in [2.75, 3.05) is 41.8 Å². The molecule has 4 heterocycles. The van der Waals surface area contributed by atoms with Crippen molar-refractivity contribution in [3.63, 3.8) is 0 Å². The highest BCUT2D eigenvalue weighted by atomic mass is 16.5. The van der Waals surface area contributed by atoms with E-state index in [0.29, 0.717) is 18.9 Å². The summed E-state index contributed by atoms with van der Waals surface area (Å²) in [5, 5.41) is 28.0. The third-order valence-corrected chi connectivity index (χ3v) is 7.10. The van der Waals surface area contributed by atoms with E-state index in [1.54, 1.807) is 0 Å². The van der Waals surface area contributed by atoms with Gasteiger partial charge >= 0.3 is 6.01 Å². The Morgan fingerprint density at radius 2 is 1.68 bits per heavy atom. The Hall–Kier alpha value is -4.80. The zero-order valence-electron chi connectivity index (χ0n) is 21.6. The van der Waals surface area contributed by atoms with Gasteiger partial charge in [0.05, 0.1) is 24.6 Å². The monoisotopic (exact) mass is 533 g/mol. The highest BCUT2D eigenvalue weighted by molar-refractivity contribution is 6.16. The van der Waals surface area contributed by atoms with Gasteiger partial charge in [0.2, 0.25) is 0 Å². The number of hydrogen-bond acceptors (Lipinski definition) is 10. The number of para-hydroxylation sites is 1. The van der Waals surface area contributed by atoms with E-state index in [9.17, 15) is 5.11 Å². The van der Waals surface area contributed by atoms with Gasteiger partial charge in [-0.2, -0.15) is 0 Å². The van der Waals surface area contributed by atoms with Crippen molar-refractivity contribution in [1.82, 2.24) is 15.2 Å². The van der Waals surface area contributed by atoms with E-state index in [1.807, 2.05) is 79.0 Å². The van der Waals surface area contributed by atoms with E-state index in [4.69, 9.17) is 19.1 Å². The molecule has 40 heavy (non-hydrogen) atoms. The Bertz CT molecular complexity index is 1680. The molecule has 0 spiro atoms. The number of fused-ring (bicyclic) bond motifs is 2. The Morgan fingerprint density at radius 3 is 2.55 bits per heavy atom. The molecule has 0 saturated carbocycles. The molecular weight excluding hydrogens is 506 g/mol. The van der Waals surface area contributed by atoms with Crippen molar-refractivity contribution >= 4 is 33.9 Å². The third-order valence-electron chi connectivity index (χ3n) is 7.10. The second kappa shape index (κ2) is 10.4. The van der Waals surface area contributed by atoms with Crippen LogP contribution in [-0.2, 0) is 4.74 Å². The van der Waals surface area contributed by atoms with Gasteiger partial charge in [0.15, 0.2) is 18.1 Å². The Balaban J connectivity index is 1.25. The molecule has 5 aromatic rings. The number of hydrogen-bond donors (Lipinski definition) is 3. The molecule has 0 amide bonds. The lowest BCUT2D eigenvalue weighted by atomic mass is 10.0. The van der Waals surface area contributed by atoms with Gasteiger partial charge in [-0.25, -0.2) is 4.98 Å². The molecule has 0 bridgehead atoms. The number of aromatic nitrogens is 3. The van der Waals surface area contributed by atoms with E-state index in [2.05, 4.69) is 31.8 Å². The maximum absolute atomic E-state index is 11.1. The lowest BCUT2D eigenvalue weighted by Gasteiger charge is -2.30. The normalized spacial score (nSPS) is 18.9. The van der Waals surface area contributed by atoms with Crippen LogP contribution in [-0.4, -0.2) is 64.7 Å². The largest absolute Gasteiger partial charge is 0.402 e. The van der Waals surface area contributed by atoms with Crippen molar-refractivity contribution in [3.05, 3.63) is 96.2 Å². The van der Waals surface area contributed by atoms with Crippen LogP contribution in [0.5, 0.6) is 0 Å². The number of benzene rings is 3. The van der Waals surface area contributed by atoms with E-state index < -0.39 is 12.4 Å². The molecule has 0 aliphatic carbocycles. The zero-order chi connectivity index (χ0) is 26.9. The number of morpholine rings is 1. The number of aliphatic hydroxyl groups is 1. The van der Waals surface area contributed by atoms with Crippen LogP contribution in [0.2, 0.25) is 0 Å². The van der Waals surface area contributed by atoms with Crippen LogP contribution in [0.1, 0.15) is 11.1 Å². The summed E-state index contributed by atoms with van der Waals surface area (Å²) < 4.78 is 11.7. The number of benzodiazepines with no additional fused rings is 1. The molecule has 3 N–H and O–H groups in total. The smallest absolute Gasteiger partial charge is 0.317 e. The fourth-order valence-corrected chi connectivity index (χ4v) is 5.19. The van der Waals surface area contributed by atoms with E-state index in [0.717, 1.165) is 52.1 Å². The fraction of sp³-hybridized carbons (Fsp3) is 0.200. The van der Waals surface area contributed by atoms with Gasteiger partial charge in [0, 0.05) is 46.9 Å². The summed E-state index contributed by atoms with van der Waals surface area (Å²) in [6, 6.07) is 25.9. The molecule has 7 rings (SSSR count). The van der Waals surface area contributed by atoms with E-state index in [-0.39, 0.29) is 11.9 Å². The number of pyridine rings is 1. The first kappa shape index (κ1) is 24.3. The second-order valence-electron chi connectivity index (χ2n) is 9.62. The van der Waals surface area contributed by atoms with Crippen molar-refractivity contribution in [2.45, 2.75) is 12.4 Å². The molecule has 10 nitrogen and oxygen atoms in total. The fourth-order valence-electron chi connectivity index (χ4n) is 5.19. The second-order valence-corrected chi connectivity index (χ2v) is 9.62. The number of nitrogens with zero attached hydrogens (tertiary/aromatic N) is 5. The number of ether oxygens (including phenoxy) is 1. The van der Waals surface area contributed by atoms with Crippen LogP contribution in [0.25, 0.3) is 22.4 Å². The molecule has 2 aliphatic rings. The Kier molecular flexibility index (Phi) is 6.31. The molecule has 1 saturated heterocycles. The van der Waals surface area contributed by atoms with Gasteiger partial charge in [-0.05, 0) is 6.07 Å². The predicted molar refractivity (Wildman–Crippen MR) is 154 cm³/mol. The standard InChI is InChI=1S/C30H27N7O3/c38-28-27(33-24(19-8-2-1-3-9-19)22-12-6-7-13-23(22)32-28)34-30-36-35-29(40-30)25-26(37-14-16-39-17-15-37)21-11-5-4-10-20(21)18-31-25/h1-13,18,27-28,32,38H,14-17H2,(H,34,36)/t27-,28?/m1/s1. The van der Waals surface area contributed by atoms with Crippen molar-refractivity contribution in [2.24, 2.45) is 4.99 Å². The highest BCUT2D eigenvalue weighted by Gasteiger charge is 2.28. The first-order valence-corrected chi connectivity index (χ1v) is 13.2. The summed E-state index contributed by atoms with van der Waals surface area (Å²) in [5.74, 6) is 0.279. The summed E-state index contributed by atoms with van der Waals surface area (Å²) in [5.41, 5.74) is 4.87. The summed E-state index contributed by atoms with van der Waals surface area (Å²) >= 11 is 0. The maximum Gasteiger partial charge on any atom is 0.317 e. The molecule has 0 radical (unpaired) electrons. The lowest BCUT2D eigenvalue weighted by Crippen LogP contribution is -2.37. The molecule has 2 aliphatic heterocycles. The van der Waals surface area contributed by atoms with Crippen molar-refractivity contribution in [3.8, 4) is 11.6 Å². The van der Waals surface area contributed by atoms with Crippen LogP contribution in [0, 0.1) is 0 Å². The average Bonchev–Trinajstić information content (AvgIpc) is 3.43. The minimum atomic E-state index is -1.06. The summed E-state index contributed by atoms with van der Waals surface area (Å²) in [6.45, 7) is 2.74. The van der Waals surface area contributed by atoms with Crippen molar-refractivity contribution < 1.29 is 14.3 Å².